The van der Waals surface area contributed by atoms with E-state index >= 15 is 0 Å². The summed E-state index contributed by atoms with van der Waals surface area (Å²) in [5.74, 6) is -1.06. The van der Waals surface area contributed by atoms with Gasteiger partial charge in [0.2, 0.25) is 0 Å². The first kappa shape index (κ1) is 9.64. The topological polar surface area (TPSA) is 61.2 Å². The minimum atomic E-state index is -0.470. The molecule has 0 saturated carbocycles. The van der Waals surface area contributed by atoms with E-state index in [0.717, 1.165) is 5.56 Å². The fourth-order valence-corrected chi connectivity index (χ4v) is 1.58. The molecule has 1 aliphatic rings. The van der Waals surface area contributed by atoms with E-state index in [4.69, 9.17) is 0 Å². The van der Waals surface area contributed by atoms with Crippen molar-refractivity contribution in [1.82, 2.24) is 9.78 Å². The largest absolute Gasteiger partial charge is 0.393 e. The Bertz CT molecular complexity index is 406. The second-order valence-electron chi connectivity index (χ2n) is 3.39. The SMILES string of the molecule is C=Cn1cc(C2CC(=O)OC(=O)C2)cn1. The maximum absolute atomic E-state index is 11.0. The second-order valence-corrected chi connectivity index (χ2v) is 3.39. The smallest absolute Gasteiger partial charge is 0.314 e. The van der Waals surface area contributed by atoms with Crippen molar-refractivity contribution in [3.8, 4) is 0 Å². The molecule has 0 unspecified atom stereocenters. The van der Waals surface area contributed by atoms with Crippen molar-refractivity contribution >= 4 is 18.1 Å². The van der Waals surface area contributed by atoms with Gasteiger partial charge in [0, 0.05) is 18.3 Å². The van der Waals surface area contributed by atoms with Crippen LogP contribution in [-0.4, -0.2) is 21.7 Å². The van der Waals surface area contributed by atoms with Gasteiger partial charge in [-0.1, -0.05) is 6.58 Å². The van der Waals surface area contributed by atoms with Crippen molar-refractivity contribution in [2.45, 2.75) is 18.8 Å². The molecule has 78 valence electrons. The van der Waals surface area contributed by atoms with Gasteiger partial charge in [-0.05, 0) is 5.56 Å². The zero-order valence-electron chi connectivity index (χ0n) is 8.05. The monoisotopic (exact) mass is 206 g/mol. The molecule has 1 aromatic rings. The summed E-state index contributed by atoms with van der Waals surface area (Å²) < 4.78 is 5.99. The van der Waals surface area contributed by atoms with Gasteiger partial charge in [0.1, 0.15) is 0 Å². The molecule has 0 aliphatic carbocycles. The summed E-state index contributed by atoms with van der Waals surface area (Å²) in [7, 11) is 0. The van der Waals surface area contributed by atoms with Gasteiger partial charge in [0.25, 0.3) is 0 Å². The molecule has 2 rings (SSSR count). The highest BCUT2D eigenvalue weighted by Gasteiger charge is 2.28. The molecule has 0 amide bonds. The Morgan fingerprint density at radius 3 is 2.67 bits per heavy atom. The van der Waals surface area contributed by atoms with Crippen LogP contribution < -0.4 is 0 Å². The normalized spacial score (nSPS) is 17.6. The van der Waals surface area contributed by atoms with Crippen LogP contribution in [0.4, 0.5) is 0 Å². The van der Waals surface area contributed by atoms with Crippen LogP contribution in [-0.2, 0) is 14.3 Å². The number of carbonyl (C=O) groups excluding carboxylic acids is 2. The van der Waals surface area contributed by atoms with Crippen LogP contribution in [0.15, 0.2) is 19.0 Å². The molecule has 1 aliphatic heterocycles. The van der Waals surface area contributed by atoms with Crippen LogP contribution >= 0.6 is 0 Å². The van der Waals surface area contributed by atoms with E-state index in [1.807, 2.05) is 0 Å². The summed E-state index contributed by atoms with van der Waals surface area (Å²) in [6.07, 6.45) is 5.40. The third-order valence-electron chi connectivity index (χ3n) is 2.33. The van der Waals surface area contributed by atoms with E-state index in [9.17, 15) is 9.59 Å². The maximum Gasteiger partial charge on any atom is 0.314 e. The summed E-state index contributed by atoms with van der Waals surface area (Å²) >= 11 is 0. The van der Waals surface area contributed by atoms with Crippen molar-refractivity contribution in [2.75, 3.05) is 0 Å². The van der Waals surface area contributed by atoms with E-state index in [0.29, 0.717) is 0 Å². The number of rotatable bonds is 2. The van der Waals surface area contributed by atoms with E-state index in [1.165, 1.54) is 0 Å². The Morgan fingerprint density at radius 2 is 2.13 bits per heavy atom. The zero-order valence-corrected chi connectivity index (χ0v) is 8.05. The van der Waals surface area contributed by atoms with Crippen LogP contribution in [0.5, 0.6) is 0 Å². The summed E-state index contributed by atoms with van der Waals surface area (Å²) in [6.45, 7) is 3.56. The van der Waals surface area contributed by atoms with Gasteiger partial charge in [-0.25, -0.2) is 4.68 Å². The fourth-order valence-electron chi connectivity index (χ4n) is 1.58. The Kier molecular flexibility index (Phi) is 2.37. The molecule has 0 atom stereocenters. The summed E-state index contributed by atoms with van der Waals surface area (Å²) in [5, 5.41) is 4.00. The Morgan fingerprint density at radius 1 is 1.47 bits per heavy atom. The molecule has 2 heterocycles. The molecule has 0 spiro atoms. The van der Waals surface area contributed by atoms with Crippen molar-refractivity contribution < 1.29 is 14.3 Å². The lowest BCUT2D eigenvalue weighted by atomic mass is 9.94. The van der Waals surface area contributed by atoms with E-state index in [1.54, 1.807) is 23.3 Å². The quantitative estimate of drug-likeness (QED) is 0.533. The third kappa shape index (κ3) is 1.96. The summed E-state index contributed by atoms with van der Waals surface area (Å²) in [4.78, 5) is 22.1. The summed E-state index contributed by atoms with van der Waals surface area (Å²) in [5.41, 5.74) is 0.861. The van der Waals surface area contributed by atoms with Crippen molar-refractivity contribution in [3.05, 3.63) is 24.5 Å². The highest BCUT2D eigenvalue weighted by atomic mass is 16.6. The van der Waals surface area contributed by atoms with Crippen LogP contribution in [0.3, 0.4) is 0 Å². The first-order valence-corrected chi connectivity index (χ1v) is 4.59. The Hall–Kier alpha value is -1.91. The molecule has 0 N–H and O–H groups in total. The van der Waals surface area contributed by atoms with Gasteiger partial charge in [0.05, 0.1) is 19.0 Å². The highest BCUT2D eigenvalue weighted by Crippen LogP contribution is 2.27. The minimum absolute atomic E-state index is 0.118. The average Bonchev–Trinajstić information content (AvgIpc) is 2.64. The molecule has 1 aromatic heterocycles. The van der Waals surface area contributed by atoms with E-state index in [-0.39, 0.29) is 18.8 Å². The van der Waals surface area contributed by atoms with Gasteiger partial charge in [0.15, 0.2) is 0 Å². The van der Waals surface area contributed by atoms with Crippen molar-refractivity contribution in [3.63, 3.8) is 0 Å². The standard InChI is InChI=1S/C10H10N2O3/c1-2-12-6-8(5-11-12)7-3-9(13)15-10(14)4-7/h2,5-7H,1,3-4H2. The number of hydrogen-bond donors (Lipinski definition) is 0. The predicted molar refractivity (Wildman–Crippen MR) is 51.7 cm³/mol. The Labute approximate surface area is 86.3 Å². The fraction of sp³-hybridized carbons (Fsp3) is 0.300. The molecule has 0 radical (unpaired) electrons. The maximum atomic E-state index is 11.0. The van der Waals surface area contributed by atoms with Gasteiger partial charge in [-0.2, -0.15) is 5.10 Å². The molecular weight excluding hydrogens is 196 g/mol. The average molecular weight is 206 g/mol. The number of esters is 2. The Balaban J connectivity index is 2.19. The highest BCUT2D eigenvalue weighted by molar-refractivity contribution is 5.89. The first-order valence-electron chi connectivity index (χ1n) is 4.59. The molecule has 15 heavy (non-hydrogen) atoms. The molecular formula is C10H10N2O3. The molecule has 1 saturated heterocycles. The minimum Gasteiger partial charge on any atom is -0.393 e. The lowest BCUT2D eigenvalue weighted by molar-refractivity contribution is -0.163. The van der Waals surface area contributed by atoms with E-state index < -0.39 is 11.9 Å². The van der Waals surface area contributed by atoms with Gasteiger partial charge >= 0.3 is 11.9 Å². The number of hydrogen-bond acceptors (Lipinski definition) is 4. The van der Waals surface area contributed by atoms with Crippen LogP contribution in [0.2, 0.25) is 0 Å². The van der Waals surface area contributed by atoms with Gasteiger partial charge in [-0.15, -0.1) is 0 Å². The van der Waals surface area contributed by atoms with Crippen LogP contribution in [0.25, 0.3) is 6.20 Å². The third-order valence-corrected chi connectivity index (χ3v) is 2.33. The van der Waals surface area contributed by atoms with Gasteiger partial charge < -0.3 is 4.74 Å². The van der Waals surface area contributed by atoms with Gasteiger partial charge in [-0.3, -0.25) is 9.59 Å². The predicted octanol–water partition coefficient (Wildman–Crippen LogP) is 0.931. The number of cyclic esters (lactones) is 2. The molecule has 5 nitrogen and oxygen atoms in total. The second kappa shape index (κ2) is 3.68. The summed E-state index contributed by atoms with van der Waals surface area (Å²) in [6, 6.07) is 0. The first-order chi connectivity index (χ1) is 7.19. The molecule has 1 fully saturated rings. The molecule has 0 bridgehead atoms. The van der Waals surface area contributed by atoms with Crippen LogP contribution in [0, 0.1) is 0 Å². The molecule has 5 heteroatoms. The number of aromatic nitrogens is 2. The van der Waals surface area contributed by atoms with Crippen molar-refractivity contribution in [1.29, 1.82) is 0 Å². The van der Waals surface area contributed by atoms with Crippen LogP contribution in [0.1, 0.15) is 24.3 Å². The lowest BCUT2D eigenvalue weighted by Gasteiger charge is -2.17. The number of ether oxygens (including phenoxy) is 1. The number of carbonyl (C=O) groups is 2. The number of nitrogens with zero attached hydrogens (tertiary/aromatic N) is 2. The van der Waals surface area contributed by atoms with Crippen molar-refractivity contribution in [2.24, 2.45) is 0 Å². The zero-order chi connectivity index (χ0) is 10.8. The lowest BCUT2D eigenvalue weighted by Crippen LogP contribution is -2.23. The van der Waals surface area contributed by atoms with E-state index in [2.05, 4.69) is 16.4 Å². The molecule has 0 aromatic carbocycles.